The van der Waals surface area contributed by atoms with Gasteiger partial charge in [0, 0.05) is 30.9 Å². The second kappa shape index (κ2) is 5.71. The number of amides is 1. The van der Waals surface area contributed by atoms with Crippen molar-refractivity contribution in [3.8, 4) is 0 Å². The third-order valence-electron chi connectivity index (χ3n) is 3.84. The van der Waals surface area contributed by atoms with Crippen LogP contribution in [0.1, 0.15) is 16.7 Å². The van der Waals surface area contributed by atoms with E-state index in [2.05, 4.69) is 4.98 Å². The molecule has 0 bridgehead atoms. The Hall–Kier alpha value is -2.50. The van der Waals surface area contributed by atoms with E-state index in [1.807, 2.05) is 0 Å². The molecule has 4 nitrogen and oxygen atoms in total. The van der Waals surface area contributed by atoms with Crippen molar-refractivity contribution in [3.63, 3.8) is 0 Å². The number of halogens is 2. The van der Waals surface area contributed by atoms with Crippen LogP contribution >= 0.6 is 0 Å². The van der Waals surface area contributed by atoms with Crippen LogP contribution < -0.4 is 5.56 Å². The number of nitrogens with zero attached hydrogens (tertiary/aromatic N) is 1. The Kier molecular flexibility index (Phi) is 3.75. The van der Waals surface area contributed by atoms with Gasteiger partial charge in [-0.05, 0) is 23.6 Å². The molecule has 0 saturated carbocycles. The lowest BCUT2D eigenvalue weighted by Gasteiger charge is -2.28. The maximum Gasteiger partial charge on any atom is 0.248 e. The molecule has 0 fully saturated rings. The molecule has 1 aromatic heterocycles. The van der Waals surface area contributed by atoms with E-state index in [4.69, 9.17) is 0 Å². The topological polar surface area (TPSA) is 53.2 Å². The molecule has 0 aliphatic carbocycles. The lowest BCUT2D eigenvalue weighted by atomic mass is 10.0. The molecule has 114 valence electrons. The smallest absolute Gasteiger partial charge is 0.248 e. The van der Waals surface area contributed by atoms with Gasteiger partial charge in [0.25, 0.3) is 0 Å². The zero-order valence-corrected chi connectivity index (χ0v) is 11.7. The molecule has 0 spiro atoms. The Labute approximate surface area is 125 Å². The first kappa shape index (κ1) is 14.4. The molecular formula is C16H14F2N2O2. The number of fused-ring (bicyclic) bond motifs is 1. The van der Waals surface area contributed by atoms with E-state index in [-0.39, 0.29) is 23.5 Å². The average Bonchev–Trinajstić information content (AvgIpc) is 2.51. The highest BCUT2D eigenvalue weighted by Gasteiger charge is 2.22. The highest BCUT2D eigenvalue weighted by Crippen LogP contribution is 2.18. The van der Waals surface area contributed by atoms with Crippen molar-refractivity contribution in [3.05, 3.63) is 69.1 Å². The van der Waals surface area contributed by atoms with Crippen molar-refractivity contribution in [2.45, 2.75) is 19.4 Å². The van der Waals surface area contributed by atoms with Crippen LogP contribution in [0.2, 0.25) is 0 Å². The second-order valence-corrected chi connectivity index (χ2v) is 5.30. The number of rotatable bonds is 2. The summed E-state index contributed by atoms with van der Waals surface area (Å²) in [6, 6.07) is 5.35. The Balaban J connectivity index is 1.75. The summed E-state index contributed by atoms with van der Waals surface area (Å²) in [6.07, 6.45) is 2.00. The van der Waals surface area contributed by atoms with Gasteiger partial charge in [-0.3, -0.25) is 9.59 Å². The molecule has 1 N–H and O–H groups in total. The van der Waals surface area contributed by atoms with Crippen LogP contribution in [-0.2, 0) is 24.2 Å². The van der Waals surface area contributed by atoms with Crippen LogP contribution in [-0.4, -0.2) is 22.3 Å². The fraction of sp³-hybridized carbons (Fsp3) is 0.250. The van der Waals surface area contributed by atoms with Crippen molar-refractivity contribution < 1.29 is 13.6 Å². The van der Waals surface area contributed by atoms with E-state index in [9.17, 15) is 18.4 Å². The second-order valence-electron chi connectivity index (χ2n) is 5.30. The van der Waals surface area contributed by atoms with Crippen LogP contribution in [0.4, 0.5) is 8.78 Å². The Bertz CT molecular complexity index is 786. The number of carbonyl (C=O) groups is 1. The summed E-state index contributed by atoms with van der Waals surface area (Å²) in [6.45, 7) is 0.827. The molecular weight excluding hydrogens is 290 g/mol. The molecule has 2 aromatic rings. The van der Waals surface area contributed by atoms with Crippen molar-refractivity contribution in [1.82, 2.24) is 9.88 Å². The summed E-state index contributed by atoms with van der Waals surface area (Å²) >= 11 is 0. The van der Waals surface area contributed by atoms with Crippen LogP contribution in [0.15, 0.2) is 35.3 Å². The molecule has 22 heavy (non-hydrogen) atoms. The van der Waals surface area contributed by atoms with Crippen LogP contribution in [0.5, 0.6) is 0 Å². The first-order valence-corrected chi connectivity index (χ1v) is 6.96. The van der Waals surface area contributed by atoms with Gasteiger partial charge in [-0.2, -0.15) is 0 Å². The van der Waals surface area contributed by atoms with Crippen molar-refractivity contribution in [2.24, 2.45) is 0 Å². The van der Waals surface area contributed by atoms with Gasteiger partial charge in [-0.15, -0.1) is 0 Å². The molecule has 0 saturated heterocycles. The molecule has 0 unspecified atom stereocenters. The Morgan fingerprint density at radius 3 is 2.91 bits per heavy atom. The molecule has 6 heteroatoms. The van der Waals surface area contributed by atoms with Gasteiger partial charge in [-0.25, -0.2) is 8.78 Å². The molecule has 1 aliphatic rings. The van der Waals surface area contributed by atoms with E-state index in [1.54, 1.807) is 11.1 Å². The molecule has 2 heterocycles. The van der Waals surface area contributed by atoms with Crippen molar-refractivity contribution in [1.29, 1.82) is 0 Å². The summed E-state index contributed by atoms with van der Waals surface area (Å²) in [5, 5.41) is 0. The number of hydrogen-bond acceptors (Lipinski definition) is 2. The predicted molar refractivity (Wildman–Crippen MR) is 76.2 cm³/mol. The minimum Gasteiger partial charge on any atom is -0.338 e. The third-order valence-corrected chi connectivity index (χ3v) is 3.84. The molecule has 0 atom stereocenters. The number of carbonyl (C=O) groups excluding carboxylic acids is 1. The van der Waals surface area contributed by atoms with Crippen LogP contribution in [0.3, 0.4) is 0 Å². The zero-order chi connectivity index (χ0) is 15.7. The maximum absolute atomic E-state index is 13.6. The Morgan fingerprint density at radius 2 is 2.09 bits per heavy atom. The number of pyridine rings is 1. The van der Waals surface area contributed by atoms with E-state index in [1.165, 1.54) is 18.2 Å². The summed E-state index contributed by atoms with van der Waals surface area (Å²) in [7, 11) is 0. The van der Waals surface area contributed by atoms with E-state index in [0.29, 0.717) is 19.5 Å². The van der Waals surface area contributed by atoms with E-state index < -0.39 is 11.6 Å². The van der Waals surface area contributed by atoms with Gasteiger partial charge in [0.2, 0.25) is 11.5 Å². The number of benzene rings is 1. The summed E-state index contributed by atoms with van der Waals surface area (Å²) in [5.41, 5.74) is 1.68. The fourth-order valence-corrected chi connectivity index (χ4v) is 2.64. The van der Waals surface area contributed by atoms with Crippen LogP contribution in [0.25, 0.3) is 0 Å². The maximum atomic E-state index is 13.6. The summed E-state index contributed by atoms with van der Waals surface area (Å²) in [5.74, 6) is -2.19. The minimum atomic E-state index is -0.974. The number of aromatic amines is 1. The number of nitrogens with one attached hydrogen (secondary N) is 1. The quantitative estimate of drug-likeness (QED) is 0.919. The Morgan fingerprint density at radius 1 is 1.27 bits per heavy atom. The number of hydrogen-bond donors (Lipinski definition) is 1. The minimum absolute atomic E-state index is 0.0530. The number of aromatic nitrogens is 1. The molecule has 0 radical (unpaired) electrons. The molecule has 3 rings (SSSR count). The lowest BCUT2D eigenvalue weighted by molar-refractivity contribution is -0.131. The standard InChI is InChI=1S/C16H14F2N2O2/c17-13-3-1-2-11(16(13)18)7-15(22)20-5-4-10-6-14(21)19-8-12(10)9-20/h1-3,6,8H,4-5,7,9H2,(H,19,21). The average molecular weight is 304 g/mol. The van der Waals surface area contributed by atoms with Gasteiger partial charge in [0.05, 0.1) is 6.42 Å². The number of H-pyrrole nitrogens is 1. The lowest BCUT2D eigenvalue weighted by Crippen LogP contribution is -2.37. The largest absolute Gasteiger partial charge is 0.338 e. The van der Waals surface area contributed by atoms with E-state index in [0.717, 1.165) is 17.2 Å². The zero-order valence-electron chi connectivity index (χ0n) is 11.7. The highest BCUT2D eigenvalue weighted by atomic mass is 19.2. The van der Waals surface area contributed by atoms with Crippen molar-refractivity contribution >= 4 is 5.91 Å². The van der Waals surface area contributed by atoms with Gasteiger partial charge in [-0.1, -0.05) is 12.1 Å². The molecule has 1 aliphatic heterocycles. The predicted octanol–water partition coefficient (Wildman–Crippen LogP) is 1.78. The molecule has 1 aromatic carbocycles. The van der Waals surface area contributed by atoms with Crippen molar-refractivity contribution in [2.75, 3.05) is 6.54 Å². The summed E-state index contributed by atoms with van der Waals surface area (Å²) < 4.78 is 26.8. The van der Waals surface area contributed by atoms with Gasteiger partial charge in [0.1, 0.15) is 0 Å². The van der Waals surface area contributed by atoms with Gasteiger partial charge < -0.3 is 9.88 Å². The monoisotopic (exact) mass is 304 g/mol. The fourth-order valence-electron chi connectivity index (χ4n) is 2.64. The normalized spacial score (nSPS) is 13.8. The highest BCUT2D eigenvalue weighted by molar-refractivity contribution is 5.79. The molecule has 1 amide bonds. The van der Waals surface area contributed by atoms with Gasteiger partial charge >= 0.3 is 0 Å². The summed E-state index contributed by atoms with van der Waals surface area (Å²) in [4.78, 5) is 27.7. The first-order chi connectivity index (χ1) is 10.5. The van der Waals surface area contributed by atoms with Gasteiger partial charge in [0.15, 0.2) is 11.6 Å². The van der Waals surface area contributed by atoms with E-state index >= 15 is 0 Å². The third kappa shape index (κ3) is 2.77. The first-order valence-electron chi connectivity index (χ1n) is 6.96. The SMILES string of the molecule is O=C(Cc1cccc(F)c1F)N1CCc2cc(=O)[nH]cc2C1. The van der Waals surface area contributed by atoms with Crippen LogP contribution in [0, 0.1) is 11.6 Å².